The van der Waals surface area contributed by atoms with Gasteiger partial charge in [0.2, 0.25) is 0 Å². The van der Waals surface area contributed by atoms with Gasteiger partial charge in [0, 0.05) is 18.2 Å². The average Bonchev–Trinajstić information content (AvgIpc) is 2.52. The Labute approximate surface area is 144 Å². The molecule has 0 radical (unpaired) electrons. The van der Waals surface area contributed by atoms with E-state index in [0.29, 0.717) is 56.5 Å². The standard InChI is InChI=1S/C17H29BN2O4/c1-2-6-16(21)17(20,9-3-4-11-18(22)23)10-12-24-15-8-5-7-14(19)13-15/h5-8,13,21-23H,2-4,9-12,19-20H2,1H3/b16-6+. The van der Waals surface area contributed by atoms with Crippen LogP contribution in [0.1, 0.15) is 39.0 Å². The van der Waals surface area contributed by atoms with Gasteiger partial charge in [-0.15, -0.1) is 0 Å². The molecular weight excluding hydrogens is 307 g/mol. The minimum Gasteiger partial charge on any atom is -0.511 e. The van der Waals surface area contributed by atoms with E-state index in [9.17, 15) is 5.11 Å². The molecule has 0 aromatic heterocycles. The zero-order valence-electron chi connectivity index (χ0n) is 14.3. The van der Waals surface area contributed by atoms with Crippen molar-refractivity contribution >= 4 is 12.8 Å². The molecule has 0 fully saturated rings. The highest BCUT2D eigenvalue weighted by molar-refractivity contribution is 6.40. The van der Waals surface area contributed by atoms with E-state index in [4.69, 9.17) is 26.3 Å². The molecule has 0 bridgehead atoms. The van der Waals surface area contributed by atoms with Crippen LogP contribution in [-0.4, -0.2) is 34.4 Å². The van der Waals surface area contributed by atoms with Gasteiger partial charge in [-0.1, -0.05) is 25.8 Å². The molecule has 1 aromatic rings. The van der Waals surface area contributed by atoms with Crippen LogP contribution in [0.15, 0.2) is 36.1 Å². The van der Waals surface area contributed by atoms with Crippen molar-refractivity contribution < 1.29 is 19.9 Å². The van der Waals surface area contributed by atoms with Gasteiger partial charge in [-0.2, -0.15) is 0 Å². The minimum absolute atomic E-state index is 0.158. The Kier molecular flexibility index (Phi) is 8.67. The molecule has 1 atom stereocenters. The first kappa shape index (κ1) is 20.3. The van der Waals surface area contributed by atoms with Crippen LogP contribution in [0.2, 0.25) is 6.32 Å². The van der Waals surface area contributed by atoms with Gasteiger partial charge in [-0.05, 0) is 37.4 Å². The van der Waals surface area contributed by atoms with Gasteiger partial charge in [-0.25, -0.2) is 0 Å². The molecule has 6 nitrogen and oxygen atoms in total. The maximum Gasteiger partial charge on any atom is 0.451 e. The summed E-state index contributed by atoms with van der Waals surface area (Å²) in [5.74, 6) is 0.824. The fraction of sp³-hybridized carbons (Fsp3) is 0.529. The van der Waals surface area contributed by atoms with Crippen LogP contribution in [0.25, 0.3) is 0 Å². The fourth-order valence-electron chi connectivity index (χ4n) is 2.50. The second-order valence-corrected chi connectivity index (χ2v) is 6.05. The SMILES string of the molecule is CC/C=C(/O)C(N)(CCCCB(O)O)CCOc1cccc(N)c1. The number of aliphatic hydroxyl groups excluding tert-OH is 1. The first-order chi connectivity index (χ1) is 11.4. The highest BCUT2D eigenvalue weighted by Gasteiger charge is 2.29. The second kappa shape index (κ2) is 10.2. The zero-order chi connectivity index (χ0) is 18.0. The first-order valence-electron chi connectivity index (χ1n) is 8.40. The zero-order valence-corrected chi connectivity index (χ0v) is 14.3. The molecule has 134 valence electrons. The lowest BCUT2D eigenvalue weighted by atomic mass is 9.81. The topological polar surface area (TPSA) is 122 Å². The molecule has 1 unspecified atom stereocenters. The van der Waals surface area contributed by atoms with E-state index in [1.54, 1.807) is 18.2 Å². The molecule has 0 aliphatic rings. The van der Waals surface area contributed by atoms with Crippen molar-refractivity contribution in [2.24, 2.45) is 5.73 Å². The third-order valence-electron chi connectivity index (χ3n) is 3.92. The maximum absolute atomic E-state index is 10.3. The Morgan fingerprint density at radius 1 is 1.29 bits per heavy atom. The molecule has 0 aliphatic carbocycles. The summed E-state index contributed by atoms with van der Waals surface area (Å²) >= 11 is 0. The monoisotopic (exact) mass is 336 g/mol. The summed E-state index contributed by atoms with van der Waals surface area (Å²) in [6, 6.07) is 7.15. The second-order valence-electron chi connectivity index (χ2n) is 6.05. The predicted molar refractivity (Wildman–Crippen MR) is 97.7 cm³/mol. The van der Waals surface area contributed by atoms with E-state index in [2.05, 4.69) is 0 Å². The van der Waals surface area contributed by atoms with Crippen LogP contribution in [-0.2, 0) is 0 Å². The van der Waals surface area contributed by atoms with Crippen LogP contribution < -0.4 is 16.2 Å². The molecular formula is C17H29BN2O4. The van der Waals surface area contributed by atoms with E-state index in [-0.39, 0.29) is 5.76 Å². The number of hydrogen-bond acceptors (Lipinski definition) is 6. The third-order valence-corrected chi connectivity index (χ3v) is 3.92. The molecule has 1 rings (SSSR count). The number of nitrogens with two attached hydrogens (primary N) is 2. The largest absolute Gasteiger partial charge is 0.511 e. The predicted octanol–water partition coefficient (Wildman–Crippen LogP) is 2.23. The van der Waals surface area contributed by atoms with Gasteiger partial charge < -0.3 is 31.4 Å². The van der Waals surface area contributed by atoms with Gasteiger partial charge in [0.05, 0.1) is 12.1 Å². The van der Waals surface area contributed by atoms with Crippen LogP contribution in [0.3, 0.4) is 0 Å². The highest BCUT2D eigenvalue weighted by Crippen LogP contribution is 2.25. The first-order valence-corrected chi connectivity index (χ1v) is 8.40. The van der Waals surface area contributed by atoms with Crippen molar-refractivity contribution in [3.63, 3.8) is 0 Å². The van der Waals surface area contributed by atoms with E-state index >= 15 is 0 Å². The molecule has 0 aliphatic heterocycles. The van der Waals surface area contributed by atoms with Gasteiger partial charge in [0.15, 0.2) is 0 Å². The summed E-state index contributed by atoms with van der Waals surface area (Å²) in [5.41, 5.74) is 11.9. The molecule has 0 saturated heterocycles. The average molecular weight is 336 g/mol. The number of unbranched alkanes of at least 4 members (excludes halogenated alkanes) is 1. The lowest BCUT2D eigenvalue weighted by Crippen LogP contribution is -2.43. The third kappa shape index (κ3) is 7.25. The van der Waals surface area contributed by atoms with Crippen LogP contribution in [0, 0.1) is 0 Å². The Balaban J connectivity index is 2.59. The number of nitrogen functional groups attached to an aromatic ring is 1. The van der Waals surface area contributed by atoms with Gasteiger partial charge >= 0.3 is 7.12 Å². The number of benzene rings is 1. The Bertz CT molecular complexity index is 525. The Morgan fingerprint density at radius 3 is 2.67 bits per heavy atom. The van der Waals surface area contributed by atoms with E-state index in [1.807, 2.05) is 19.1 Å². The number of aliphatic hydroxyl groups is 1. The molecule has 0 heterocycles. The Hall–Kier alpha value is -1.70. The molecule has 0 amide bonds. The van der Waals surface area contributed by atoms with Crippen LogP contribution in [0.4, 0.5) is 5.69 Å². The molecule has 24 heavy (non-hydrogen) atoms. The summed E-state index contributed by atoms with van der Waals surface area (Å²) in [6.45, 7) is 2.28. The van der Waals surface area contributed by atoms with Gasteiger partial charge in [0.25, 0.3) is 0 Å². The number of rotatable bonds is 11. The summed E-state index contributed by atoms with van der Waals surface area (Å²) < 4.78 is 5.68. The highest BCUT2D eigenvalue weighted by atomic mass is 16.5. The van der Waals surface area contributed by atoms with Crippen LogP contribution in [0.5, 0.6) is 5.75 Å². The van der Waals surface area contributed by atoms with E-state index < -0.39 is 12.7 Å². The fourth-order valence-corrected chi connectivity index (χ4v) is 2.50. The number of allylic oxidation sites excluding steroid dienone is 1. The van der Waals surface area contributed by atoms with Gasteiger partial charge in [-0.3, -0.25) is 0 Å². The van der Waals surface area contributed by atoms with E-state index in [1.165, 1.54) is 0 Å². The van der Waals surface area contributed by atoms with Crippen molar-refractivity contribution in [1.82, 2.24) is 0 Å². The Morgan fingerprint density at radius 2 is 2.04 bits per heavy atom. The summed E-state index contributed by atoms with van der Waals surface area (Å²) in [7, 11) is -1.30. The smallest absolute Gasteiger partial charge is 0.451 e. The lowest BCUT2D eigenvalue weighted by Gasteiger charge is -2.29. The number of hydrogen-bond donors (Lipinski definition) is 5. The van der Waals surface area contributed by atoms with Crippen molar-refractivity contribution in [2.45, 2.75) is 50.9 Å². The molecule has 7 heteroatoms. The van der Waals surface area contributed by atoms with Crippen molar-refractivity contribution in [2.75, 3.05) is 12.3 Å². The maximum atomic E-state index is 10.3. The summed E-state index contributed by atoms with van der Waals surface area (Å²) in [6.07, 6.45) is 5.01. The molecule has 1 aromatic carbocycles. The van der Waals surface area contributed by atoms with Gasteiger partial charge in [0.1, 0.15) is 11.5 Å². The number of ether oxygens (including phenoxy) is 1. The van der Waals surface area contributed by atoms with Crippen molar-refractivity contribution in [1.29, 1.82) is 0 Å². The van der Waals surface area contributed by atoms with Crippen molar-refractivity contribution in [3.05, 3.63) is 36.1 Å². The minimum atomic E-state index is -1.30. The van der Waals surface area contributed by atoms with Crippen molar-refractivity contribution in [3.8, 4) is 5.75 Å². The molecule has 0 saturated carbocycles. The molecule has 0 spiro atoms. The number of anilines is 1. The quantitative estimate of drug-likeness (QED) is 0.183. The lowest BCUT2D eigenvalue weighted by molar-refractivity contribution is 0.214. The molecule has 7 N–H and O–H groups in total. The normalized spacial score (nSPS) is 14.2. The van der Waals surface area contributed by atoms with Crippen LogP contribution >= 0.6 is 0 Å². The summed E-state index contributed by atoms with van der Waals surface area (Å²) in [4.78, 5) is 0. The van der Waals surface area contributed by atoms with E-state index in [0.717, 1.165) is 0 Å². The summed E-state index contributed by atoms with van der Waals surface area (Å²) in [5, 5.41) is 28.1.